The molecule has 1 unspecified atom stereocenters. The van der Waals surface area contributed by atoms with Gasteiger partial charge in [0.1, 0.15) is 18.8 Å². The van der Waals surface area contributed by atoms with Gasteiger partial charge in [-0.2, -0.15) is 5.10 Å². The molecule has 0 bridgehead atoms. The molecule has 1 aromatic carbocycles. The molecule has 0 saturated heterocycles. The Morgan fingerprint density at radius 2 is 2.05 bits per heavy atom. The second-order valence-electron chi connectivity index (χ2n) is 5.03. The summed E-state index contributed by atoms with van der Waals surface area (Å²) in [6, 6.07) is 9.76. The number of hydrogen-bond donors (Lipinski definition) is 1. The molecule has 1 N–H and O–H groups in total. The Morgan fingerprint density at radius 3 is 2.60 bits per heavy atom. The molecule has 0 radical (unpaired) electrons. The van der Waals surface area contributed by atoms with Crippen LogP contribution in [0.4, 0.5) is 0 Å². The van der Waals surface area contributed by atoms with E-state index in [9.17, 15) is 5.11 Å². The lowest BCUT2D eigenvalue weighted by atomic mass is 9.97. The maximum atomic E-state index is 10.6. The van der Waals surface area contributed by atoms with Gasteiger partial charge in [0, 0.05) is 7.11 Å². The molecule has 5 nitrogen and oxygen atoms in total. The molecule has 1 aromatic heterocycles. The van der Waals surface area contributed by atoms with Crippen molar-refractivity contribution in [1.82, 2.24) is 14.8 Å². The van der Waals surface area contributed by atoms with E-state index in [1.807, 2.05) is 50.3 Å². The Hall–Kier alpha value is -1.98. The highest BCUT2D eigenvalue weighted by molar-refractivity contribution is 5.73. The molecule has 0 amide bonds. The number of rotatable bonds is 5. The summed E-state index contributed by atoms with van der Waals surface area (Å²) in [5.41, 5.74) is 0.858. The zero-order chi connectivity index (χ0) is 14.6. The summed E-state index contributed by atoms with van der Waals surface area (Å²) in [7, 11) is 1.57. The predicted octanol–water partition coefficient (Wildman–Crippen LogP) is 2.06. The van der Waals surface area contributed by atoms with Crippen molar-refractivity contribution < 1.29 is 9.84 Å². The van der Waals surface area contributed by atoms with E-state index in [0.717, 1.165) is 5.56 Å². The lowest BCUT2D eigenvalue weighted by molar-refractivity contribution is -0.0539. The van der Waals surface area contributed by atoms with Crippen molar-refractivity contribution in [2.24, 2.45) is 0 Å². The molecule has 20 heavy (non-hydrogen) atoms. The van der Waals surface area contributed by atoms with E-state index >= 15 is 0 Å². The quantitative estimate of drug-likeness (QED) is 0.906. The monoisotopic (exact) mass is 273 g/mol. The number of nitrogens with zero attached hydrogens (tertiary/aromatic N) is 3. The SMILES string of the molecule is COC(C)(C)C(O)C(=Cc1ccccc1)n1cncn1. The van der Waals surface area contributed by atoms with Gasteiger partial charge in [0.2, 0.25) is 0 Å². The van der Waals surface area contributed by atoms with Crippen LogP contribution in [0.2, 0.25) is 0 Å². The first kappa shape index (κ1) is 14.4. The van der Waals surface area contributed by atoms with Crippen LogP contribution in [0.15, 0.2) is 43.0 Å². The number of aliphatic hydroxyl groups excluding tert-OH is 1. The molecular formula is C15H19N3O2. The molecule has 0 aliphatic rings. The first-order valence-corrected chi connectivity index (χ1v) is 6.39. The number of benzene rings is 1. The van der Waals surface area contributed by atoms with E-state index in [-0.39, 0.29) is 0 Å². The average Bonchev–Trinajstić information content (AvgIpc) is 2.99. The summed E-state index contributed by atoms with van der Waals surface area (Å²) in [6.07, 6.45) is 4.03. The molecule has 106 valence electrons. The third-order valence-electron chi connectivity index (χ3n) is 3.26. The summed E-state index contributed by atoms with van der Waals surface area (Å²) >= 11 is 0. The van der Waals surface area contributed by atoms with Crippen LogP contribution in [0.3, 0.4) is 0 Å². The number of aliphatic hydroxyl groups is 1. The Kier molecular flexibility index (Phi) is 4.32. The van der Waals surface area contributed by atoms with Gasteiger partial charge in [-0.15, -0.1) is 0 Å². The second kappa shape index (κ2) is 5.98. The van der Waals surface area contributed by atoms with Gasteiger partial charge in [0.15, 0.2) is 0 Å². The zero-order valence-electron chi connectivity index (χ0n) is 11.9. The standard InChI is InChI=1S/C15H19N3O2/c1-15(2,20-3)14(19)13(18-11-16-10-17-18)9-12-7-5-4-6-8-12/h4-11,14,19H,1-3H3. The molecule has 2 rings (SSSR count). The highest BCUT2D eigenvalue weighted by atomic mass is 16.5. The minimum Gasteiger partial charge on any atom is -0.384 e. The molecular weight excluding hydrogens is 254 g/mol. The summed E-state index contributed by atoms with van der Waals surface area (Å²) < 4.78 is 6.92. The van der Waals surface area contributed by atoms with Crippen molar-refractivity contribution in [2.45, 2.75) is 25.6 Å². The minimum atomic E-state index is -0.839. The van der Waals surface area contributed by atoms with E-state index in [1.165, 1.54) is 6.33 Å². The van der Waals surface area contributed by atoms with Crippen LogP contribution in [-0.4, -0.2) is 38.7 Å². The van der Waals surface area contributed by atoms with E-state index in [1.54, 1.807) is 18.1 Å². The third-order valence-corrected chi connectivity index (χ3v) is 3.26. The first-order chi connectivity index (χ1) is 9.54. The van der Waals surface area contributed by atoms with Crippen molar-refractivity contribution in [1.29, 1.82) is 0 Å². The second-order valence-corrected chi connectivity index (χ2v) is 5.03. The Labute approximate surface area is 118 Å². The van der Waals surface area contributed by atoms with Crippen LogP contribution in [0, 0.1) is 0 Å². The van der Waals surface area contributed by atoms with Gasteiger partial charge >= 0.3 is 0 Å². The molecule has 1 heterocycles. The Morgan fingerprint density at radius 1 is 1.35 bits per heavy atom. The van der Waals surface area contributed by atoms with Crippen LogP contribution in [0.25, 0.3) is 11.8 Å². The Bertz CT molecular complexity index is 562. The third kappa shape index (κ3) is 3.12. The summed E-state index contributed by atoms with van der Waals surface area (Å²) in [4.78, 5) is 3.93. The fourth-order valence-electron chi connectivity index (χ4n) is 1.80. The predicted molar refractivity (Wildman–Crippen MR) is 77.7 cm³/mol. The van der Waals surface area contributed by atoms with Gasteiger partial charge in [-0.3, -0.25) is 0 Å². The normalized spacial score (nSPS) is 14.3. The summed E-state index contributed by atoms with van der Waals surface area (Å²) in [5, 5.41) is 14.7. The maximum Gasteiger partial charge on any atom is 0.138 e. The van der Waals surface area contributed by atoms with Gasteiger partial charge in [-0.05, 0) is 25.5 Å². The molecule has 0 spiro atoms. The Balaban J connectivity index is 2.44. The summed E-state index contributed by atoms with van der Waals surface area (Å²) in [6.45, 7) is 3.65. The largest absolute Gasteiger partial charge is 0.384 e. The smallest absolute Gasteiger partial charge is 0.138 e. The number of hydrogen-bond acceptors (Lipinski definition) is 4. The van der Waals surface area contributed by atoms with Crippen LogP contribution in [0.5, 0.6) is 0 Å². The molecule has 0 saturated carbocycles. The number of methoxy groups -OCH3 is 1. The molecule has 2 aromatic rings. The van der Waals surface area contributed by atoms with Gasteiger partial charge in [0.25, 0.3) is 0 Å². The fraction of sp³-hybridized carbons (Fsp3) is 0.333. The first-order valence-electron chi connectivity index (χ1n) is 6.39. The number of ether oxygens (including phenoxy) is 1. The van der Waals surface area contributed by atoms with Gasteiger partial charge in [-0.1, -0.05) is 30.3 Å². The minimum absolute atomic E-state index is 0.612. The van der Waals surface area contributed by atoms with Crippen molar-refractivity contribution in [3.63, 3.8) is 0 Å². The molecule has 1 atom stereocenters. The van der Waals surface area contributed by atoms with Crippen LogP contribution >= 0.6 is 0 Å². The number of aromatic nitrogens is 3. The van der Waals surface area contributed by atoms with E-state index in [0.29, 0.717) is 5.70 Å². The van der Waals surface area contributed by atoms with Crippen molar-refractivity contribution in [3.05, 3.63) is 48.5 Å². The average molecular weight is 273 g/mol. The van der Waals surface area contributed by atoms with Crippen LogP contribution < -0.4 is 0 Å². The lowest BCUT2D eigenvalue weighted by Gasteiger charge is -2.30. The zero-order valence-corrected chi connectivity index (χ0v) is 11.9. The molecule has 0 fully saturated rings. The van der Waals surface area contributed by atoms with Crippen LogP contribution in [-0.2, 0) is 4.74 Å². The van der Waals surface area contributed by atoms with Crippen LogP contribution in [0.1, 0.15) is 19.4 Å². The van der Waals surface area contributed by atoms with Crippen molar-refractivity contribution in [2.75, 3.05) is 7.11 Å². The van der Waals surface area contributed by atoms with Crippen molar-refractivity contribution >= 4 is 11.8 Å². The highest BCUT2D eigenvalue weighted by Gasteiger charge is 2.31. The van der Waals surface area contributed by atoms with Gasteiger partial charge < -0.3 is 9.84 Å². The van der Waals surface area contributed by atoms with E-state index in [2.05, 4.69) is 10.1 Å². The fourth-order valence-corrected chi connectivity index (χ4v) is 1.80. The van der Waals surface area contributed by atoms with Gasteiger partial charge in [-0.25, -0.2) is 9.67 Å². The molecule has 0 aliphatic heterocycles. The highest BCUT2D eigenvalue weighted by Crippen LogP contribution is 2.24. The lowest BCUT2D eigenvalue weighted by Crippen LogP contribution is -2.40. The van der Waals surface area contributed by atoms with E-state index < -0.39 is 11.7 Å². The van der Waals surface area contributed by atoms with Crippen molar-refractivity contribution in [3.8, 4) is 0 Å². The molecule has 0 aliphatic carbocycles. The van der Waals surface area contributed by atoms with Gasteiger partial charge in [0.05, 0.1) is 11.3 Å². The van der Waals surface area contributed by atoms with E-state index in [4.69, 9.17) is 4.74 Å². The maximum absolute atomic E-state index is 10.6. The molecule has 5 heteroatoms. The topological polar surface area (TPSA) is 60.2 Å². The summed E-state index contributed by atoms with van der Waals surface area (Å²) in [5.74, 6) is 0.